The van der Waals surface area contributed by atoms with Crippen molar-refractivity contribution in [1.82, 2.24) is 4.90 Å². The lowest BCUT2D eigenvalue weighted by molar-refractivity contribution is 0.0156. The molecule has 0 fully saturated rings. The molecule has 0 saturated carbocycles. The maximum Gasteiger partial charge on any atom is 0.0743 e. The van der Waals surface area contributed by atoms with Crippen molar-refractivity contribution in [2.75, 3.05) is 33.4 Å². The summed E-state index contributed by atoms with van der Waals surface area (Å²) in [5, 5.41) is 9.77. The highest BCUT2D eigenvalue weighted by Crippen LogP contribution is 2.09. The molecule has 0 aliphatic carbocycles. The molecule has 0 bridgehead atoms. The van der Waals surface area contributed by atoms with Gasteiger partial charge in [-0.1, -0.05) is 6.92 Å². The summed E-state index contributed by atoms with van der Waals surface area (Å²) in [5.41, 5.74) is -0.568. The molecule has 1 N–H and O–H groups in total. The van der Waals surface area contributed by atoms with Gasteiger partial charge in [-0.25, -0.2) is 0 Å². The van der Waals surface area contributed by atoms with E-state index >= 15 is 0 Å². The minimum absolute atomic E-state index is 0.568. The maximum atomic E-state index is 9.77. The lowest BCUT2D eigenvalue weighted by Gasteiger charge is -2.27. The molecule has 0 aromatic carbocycles. The van der Waals surface area contributed by atoms with Crippen LogP contribution in [0.15, 0.2) is 0 Å². The Morgan fingerprint density at radius 2 is 2.00 bits per heavy atom. The zero-order valence-electron chi connectivity index (χ0n) is 9.34. The molecule has 0 aromatic heterocycles. The van der Waals surface area contributed by atoms with Crippen molar-refractivity contribution < 1.29 is 9.84 Å². The Hall–Kier alpha value is -0.120. The van der Waals surface area contributed by atoms with Gasteiger partial charge in [0.25, 0.3) is 0 Å². The lowest BCUT2D eigenvalue weighted by atomic mass is 10.0. The molecule has 0 spiro atoms. The van der Waals surface area contributed by atoms with Crippen molar-refractivity contribution in [3.8, 4) is 0 Å². The molecule has 0 aromatic rings. The van der Waals surface area contributed by atoms with Crippen LogP contribution in [0.1, 0.15) is 27.2 Å². The molecule has 13 heavy (non-hydrogen) atoms. The molecular formula is C10H23NO2. The number of hydrogen-bond donors (Lipinski definition) is 1. The van der Waals surface area contributed by atoms with Crippen LogP contribution in [-0.2, 0) is 4.74 Å². The first-order valence-corrected chi connectivity index (χ1v) is 5.00. The van der Waals surface area contributed by atoms with Crippen LogP contribution in [-0.4, -0.2) is 49.0 Å². The molecule has 0 amide bonds. The molecule has 0 aliphatic rings. The third kappa shape index (κ3) is 6.99. The molecule has 0 aliphatic heterocycles. The van der Waals surface area contributed by atoms with Crippen LogP contribution in [0.2, 0.25) is 0 Å². The molecule has 80 valence electrons. The number of aliphatic hydroxyl groups is 1. The van der Waals surface area contributed by atoms with Crippen LogP contribution in [0.25, 0.3) is 0 Å². The van der Waals surface area contributed by atoms with E-state index in [1.54, 1.807) is 0 Å². The number of nitrogens with zero attached hydrogens (tertiary/aromatic N) is 1. The molecule has 0 rings (SSSR count). The third-order valence-electron chi connectivity index (χ3n) is 2.19. The van der Waals surface area contributed by atoms with Gasteiger partial charge >= 0.3 is 0 Å². The number of hydrogen-bond acceptors (Lipinski definition) is 3. The van der Waals surface area contributed by atoms with Gasteiger partial charge in [0, 0.05) is 19.7 Å². The summed E-state index contributed by atoms with van der Waals surface area (Å²) < 4.78 is 5.23. The van der Waals surface area contributed by atoms with Gasteiger partial charge in [-0.05, 0) is 27.3 Å². The van der Waals surface area contributed by atoms with Gasteiger partial charge in [0.2, 0.25) is 0 Å². The van der Waals surface area contributed by atoms with E-state index in [0.717, 1.165) is 26.2 Å². The first-order valence-electron chi connectivity index (χ1n) is 5.00. The Kier molecular flexibility index (Phi) is 6.29. The van der Waals surface area contributed by atoms with E-state index < -0.39 is 5.60 Å². The van der Waals surface area contributed by atoms with Crippen molar-refractivity contribution in [2.24, 2.45) is 0 Å². The fourth-order valence-electron chi connectivity index (χ4n) is 1.14. The highest BCUT2D eigenvalue weighted by molar-refractivity contribution is 4.73. The highest BCUT2D eigenvalue weighted by atomic mass is 16.5. The zero-order chi connectivity index (χ0) is 10.3. The van der Waals surface area contributed by atoms with Gasteiger partial charge < -0.3 is 14.7 Å². The van der Waals surface area contributed by atoms with Crippen LogP contribution in [0.5, 0.6) is 0 Å². The standard InChI is InChI=1S/C10H23NO2/c1-5-10(3,12)9-11(4)7-8-13-6-2/h12H,5-9H2,1-4H3. The predicted octanol–water partition coefficient (Wildman–Crippen LogP) is 1.12. The maximum absolute atomic E-state index is 9.77. The Labute approximate surface area is 81.7 Å². The minimum atomic E-state index is -0.568. The molecule has 1 unspecified atom stereocenters. The summed E-state index contributed by atoms with van der Waals surface area (Å²) in [6, 6.07) is 0. The highest BCUT2D eigenvalue weighted by Gasteiger charge is 2.19. The molecule has 0 radical (unpaired) electrons. The first-order chi connectivity index (χ1) is 6.02. The van der Waals surface area contributed by atoms with Gasteiger partial charge in [0.05, 0.1) is 12.2 Å². The van der Waals surface area contributed by atoms with Crippen LogP contribution >= 0.6 is 0 Å². The van der Waals surface area contributed by atoms with Crippen molar-refractivity contribution in [1.29, 1.82) is 0 Å². The van der Waals surface area contributed by atoms with Gasteiger partial charge in [-0.15, -0.1) is 0 Å². The average Bonchev–Trinajstić information content (AvgIpc) is 2.04. The quantitative estimate of drug-likeness (QED) is 0.609. The zero-order valence-corrected chi connectivity index (χ0v) is 9.34. The molecule has 3 heteroatoms. The average molecular weight is 189 g/mol. The van der Waals surface area contributed by atoms with E-state index in [1.807, 2.05) is 27.8 Å². The summed E-state index contributed by atoms with van der Waals surface area (Å²) in [7, 11) is 2.00. The van der Waals surface area contributed by atoms with E-state index in [-0.39, 0.29) is 0 Å². The van der Waals surface area contributed by atoms with Crippen LogP contribution in [0.4, 0.5) is 0 Å². The van der Waals surface area contributed by atoms with E-state index in [1.165, 1.54) is 0 Å². The van der Waals surface area contributed by atoms with Gasteiger partial charge in [0.15, 0.2) is 0 Å². The second kappa shape index (κ2) is 6.35. The molecular weight excluding hydrogens is 166 g/mol. The normalized spacial score (nSPS) is 16.2. The van der Waals surface area contributed by atoms with Crippen molar-refractivity contribution in [3.05, 3.63) is 0 Å². The van der Waals surface area contributed by atoms with Gasteiger partial charge in [0.1, 0.15) is 0 Å². The Morgan fingerprint density at radius 1 is 1.38 bits per heavy atom. The monoisotopic (exact) mass is 189 g/mol. The number of likely N-dealkylation sites (N-methyl/N-ethyl adjacent to an activating group) is 1. The lowest BCUT2D eigenvalue weighted by Crippen LogP contribution is -2.39. The summed E-state index contributed by atoms with van der Waals surface area (Å²) in [5.74, 6) is 0. The Balaban J connectivity index is 3.55. The Bertz CT molecular complexity index is 126. The van der Waals surface area contributed by atoms with E-state index in [0.29, 0.717) is 6.54 Å². The van der Waals surface area contributed by atoms with Crippen LogP contribution < -0.4 is 0 Å². The topological polar surface area (TPSA) is 32.7 Å². The van der Waals surface area contributed by atoms with Crippen LogP contribution in [0.3, 0.4) is 0 Å². The summed E-state index contributed by atoms with van der Waals surface area (Å²) >= 11 is 0. The second-order valence-corrected chi connectivity index (χ2v) is 3.79. The van der Waals surface area contributed by atoms with Crippen molar-refractivity contribution in [2.45, 2.75) is 32.8 Å². The molecule has 3 nitrogen and oxygen atoms in total. The summed E-state index contributed by atoms with van der Waals surface area (Å²) in [4.78, 5) is 2.10. The fraction of sp³-hybridized carbons (Fsp3) is 1.00. The van der Waals surface area contributed by atoms with E-state index in [4.69, 9.17) is 4.74 Å². The second-order valence-electron chi connectivity index (χ2n) is 3.79. The summed E-state index contributed by atoms with van der Waals surface area (Å²) in [6.07, 6.45) is 0.784. The van der Waals surface area contributed by atoms with E-state index in [9.17, 15) is 5.11 Å². The van der Waals surface area contributed by atoms with E-state index in [2.05, 4.69) is 4.90 Å². The minimum Gasteiger partial charge on any atom is -0.389 e. The van der Waals surface area contributed by atoms with Crippen molar-refractivity contribution in [3.63, 3.8) is 0 Å². The van der Waals surface area contributed by atoms with Crippen LogP contribution in [0, 0.1) is 0 Å². The fourth-order valence-corrected chi connectivity index (χ4v) is 1.14. The van der Waals surface area contributed by atoms with Gasteiger partial charge in [-0.2, -0.15) is 0 Å². The van der Waals surface area contributed by atoms with Crippen molar-refractivity contribution >= 4 is 0 Å². The summed E-state index contributed by atoms with van der Waals surface area (Å²) in [6.45, 7) is 8.94. The Morgan fingerprint density at radius 3 is 2.46 bits per heavy atom. The third-order valence-corrected chi connectivity index (χ3v) is 2.19. The smallest absolute Gasteiger partial charge is 0.0743 e. The number of rotatable bonds is 7. The largest absolute Gasteiger partial charge is 0.389 e. The number of ether oxygens (including phenoxy) is 1. The molecule has 0 saturated heterocycles. The first kappa shape index (κ1) is 12.9. The molecule has 1 atom stereocenters. The molecule has 0 heterocycles. The predicted molar refractivity (Wildman–Crippen MR) is 54.9 cm³/mol. The van der Waals surface area contributed by atoms with Gasteiger partial charge in [-0.3, -0.25) is 0 Å². The SMILES string of the molecule is CCOCCN(C)CC(C)(O)CC.